The Morgan fingerprint density at radius 1 is 0.330 bits per heavy atom. The van der Waals surface area contributed by atoms with E-state index in [4.69, 9.17) is 9.97 Å². The van der Waals surface area contributed by atoms with Gasteiger partial charge < -0.3 is 50.8 Å². The first-order valence-electron chi connectivity index (χ1n) is 27.9. The Bertz CT molecular complexity index is 3850. The summed E-state index contributed by atoms with van der Waals surface area (Å²) >= 11 is 0. The number of H-pyrrole nitrogens is 2. The van der Waals surface area contributed by atoms with Gasteiger partial charge in [-0.15, -0.1) is 0 Å². The van der Waals surface area contributed by atoms with Crippen molar-refractivity contribution in [2.45, 2.75) is 78.1 Å². The van der Waals surface area contributed by atoms with Crippen LogP contribution >= 0.6 is 0 Å². The normalized spacial score (nSPS) is 12.3. The van der Waals surface area contributed by atoms with Crippen molar-refractivity contribution in [3.8, 4) is 44.5 Å². The van der Waals surface area contributed by atoms with Crippen LogP contribution in [0.15, 0.2) is 109 Å². The van der Waals surface area contributed by atoms with E-state index in [1.165, 1.54) is 36.4 Å². The van der Waals surface area contributed by atoms with Crippen molar-refractivity contribution in [3.63, 3.8) is 0 Å². The van der Waals surface area contributed by atoms with E-state index in [0.717, 1.165) is 11.1 Å². The van der Waals surface area contributed by atoms with Crippen molar-refractivity contribution in [1.82, 2.24) is 19.9 Å². The maximum atomic E-state index is 12.7. The summed E-state index contributed by atoms with van der Waals surface area (Å²) in [6.45, 7) is 12.3. The summed E-state index contributed by atoms with van der Waals surface area (Å²) in [4.78, 5) is 119. The molecule has 4 aromatic carbocycles. The number of aromatic amines is 2. The molecule has 2 aliphatic heterocycles. The van der Waals surface area contributed by atoms with Gasteiger partial charge in [0.2, 0.25) is 0 Å². The van der Waals surface area contributed by atoms with Crippen LogP contribution in [0.4, 0.5) is 0 Å². The van der Waals surface area contributed by atoms with Crippen molar-refractivity contribution in [2.24, 2.45) is 23.7 Å². The van der Waals surface area contributed by atoms with Crippen molar-refractivity contribution < 1.29 is 79.2 Å². The highest BCUT2D eigenvalue weighted by molar-refractivity contribution is 6.03. The summed E-state index contributed by atoms with van der Waals surface area (Å²) in [7, 11) is 0. The molecule has 8 bridgehead atoms. The molecular formula is C68H62N4O16. The van der Waals surface area contributed by atoms with E-state index in [1.54, 1.807) is 48.6 Å². The smallest absolute Gasteiger partial charge is 0.318 e. The molecule has 0 atom stereocenters. The first kappa shape index (κ1) is 61.8. The summed E-state index contributed by atoms with van der Waals surface area (Å²) < 4.78 is 0. The Labute approximate surface area is 502 Å². The molecule has 0 aliphatic carbocycles. The van der Waals surface area contributed by atoms with Gasteiger partial charge in [0.05, 0.1) is 22.8 Å². The highest BCUT2D eigenvalue weighted by Gasteiger charge is 2.35. The standard InChI is InChI=1S/C68H62N4O16/c1-67(2,3)39-17-13-33(14-18-39)55-45-21-25-49(69-45)57(53-35(29-41(59(73)74)60(75)76)9-7-10-36(53)30-42(61(77)78)62(79)80)51-27-23-47(71-51)56(34-15-19-40(20-16-34)68(4,5)6)48-24-28-52(72-48)58(50-26-22-46(55)70-50)54-37(31-43(63(81)82)64(83)84)11-8-12-38(54)32-44(65(85)86)66(87)88/h7-28,41-44,69,72H,29-32H2,1-6H3,(H,73,74)(H,75,76)(H,77,78)(H,79,80)(H,81,82)(H,83,84)(H,85,86)(H,87,88). The van der Waals surface area contributed by atoms with Gasteiger partial charge in [0.25, 0.3) is 0 Å². The summed E-state index contributed by atoms with van der Waals surface area (Å²) in [6, 6.07) is 31.1. The number of aromatic nitrogens is 4. The third-order valence-corrected chi connectivity index (χ3v) is 15.9. The van der Waals surface area contributed by atoms with Crippen molar-refractivity contribution in [1.29, 1.82) is 0 Å². The minimum absolute atomic E-state index is 0.117. The summed E-state index contributed by atoms with van der Waals surface area (Å²) in [6.07, 6.45) is 4.21. The zero-order chi connectivity index (χ0) is 63.8. The van der Waals surface area contributed by atoms with E-state index < -0.39 is 97.1 Å². The summed E-state index contributed by atoms with van der Waals surface area (Å²) in [5.41, 5.74) is 7.00. The molecule has 0 unspecified atom stereocenters. The highest BCUT2D eigenvalue weighted by atomic mass is 16.4. The van der Waals surface area contributed by atoms with Gasteiger partial charge in [0.15, 0.2) is 23.7 Å². The Morgan fingerprint density at radius 2 is 0.557 bits per heavy atom. The minimum Gasteiger partial charge on any atom is -0.481 e. The third-order valence-electron chi connectivity index (χ3n) is 15.9. The summed E-state index contributed by atoms with van der Waals surface area (Å²) in [5.74, 6) is -21.3. The number of carboxylic acid groups (broad SMARTS) is 8. The van der Waals surface area contributed by atoms with Gasteiger partial charge >= 0.3 is 47.8 Å². The molecule has 0 fully saturated rings. The quantitative estimate of drug-likeness (QED) is 0.0317. The summed E-state index contributed by atoms with van der Waals surface area (Å²) in [5, 5.41) is 82.4. The fourth-order valence-electron chi connectivity index (χ4n) is 11.2. The average Bonchev–Trinajstić information content (AvgIpc) is 2.57. The second-order valence-electron chi connectivity index (χ2n) is 23.8. The molecule has 20 heteroatoms. The average molecular weight is 1190 g/mol. The van der Waals surface area contributed by atoms with Crippen LogP contribution in [-0.2, 0) is 74.9 Å². The van der Waals surface area contributed by atoms with Crippen LogP contribution < -0.4 is 0 Å². The van der Waals surface area contributed by atoms with E-state index >= 15 is 0 Å². The molecule has 0 saturated heterocycles. The van der Waals surface area contributed by atoms with Gasteiger partial charge in [-0.1, -0.05) is 126 Å². The molecule has 450 valence electrons. The molecule has 10 N–H and O–H groups in total. The maximum absolute atomic E-state index is 12.7. The number of aliphatic carboxylic acids is 8. The van der Waals surface area contributed by atoms with Gasteiger partial charge in [-0.25, -0.2) is 9.97 Å². The predicted octanol–water partition coefficient (Wildman–Crippen LogP) is 11.2. The molecule has 20 nitrogen and oxygen atoms in total. The molecular weight excluding hydrogens is 1130 g/mol. The number of hydrogen-bond acceptors (Lipinski definition) is 10. The number of rotatable bonds is 20. The zero-order valence-corrected chi connectivity index (χ0v) is 48.6. The SMILES string of the molecule is CC(C)(C)c1ccc(-c2c3nc(c(-c4c(CC(C(=O)O)C(=O)O)cccc4CC(C(=O)O)C(=O)O)c4ccc([nH]4)c(-c4ccc(C(C)(C)C)cc4)c4nc(c(-c5c(CC(C(=O)O)C(=O)O)cccc5CC(C(=O)O)C(=O)O)c5ccc2[nH]5)C=C4)C=C3)cc1. The lowest BCUT2D eigenvalue weighted by Crippen LogP contribution is -2.27. The van der Waals surface area contributed by atoms with E-state index in [2.05, 4.69) is 9.97 Å². The molecule has 0 amide bonds. The number of carbonyl (C=O) groups is 8. The lowest BCUT2D eigenvalue weighted by Gasteiger charge is -2.20. The number of nitrogens with zero attached hydrogens (tertiary/aromatic N) is 2. The fourth-order valence-corrected chi connectivity index (χ4v) is 11.2. The van der Waals surface area contributed by atoms with Crippen LogP contribution in [0.25, 0.3) is 90.9 Å². The molecule has 3 aromatic heterocycles. The van der Waals surface area contributed by atoms with Crippen molar-refractivity contribution >= 4 is 94.1 Å². The first-order valence-corrected chi connectivity index (χ1v) is 27.9. The maximum Gasteiger partial charge on any atom is 0.318 e. The molecule has 5 heterocycles. The van der Waals surface area contributed by atoms with E-state index in [1.807, 2.05) is 90.1 Å². The molecule has 0 spiro atoms. The van der Waals surface area contributed by atoms with Crippen LogP contribution in [0, 0.1) is 23.7 Å². The van der Waals surface area contributed by atoms with Crippen LogP contribution in [-0.4, -0.2) is 109 Å². The second kappa shape index (κ2) is 24.3. The second-order valence-corrected chi connectivity index (χ2v) is 23.8. The molecule has 7 aromatic rings. The molecule has 9 rings (SSSR count). The topological polar surface area (TPSA) is 356 Å². The van der Waals surface area contributed by atoms with Gasteiger partial charge in [-0.2, -0.15) is 0 Å². The fraction of sp³-hybridized carbons (Fsp3) is 0.235. The van der Waals surface area contributed by atoms with Crippen LogP contribution in [0.3, 0.4) is 0 Å². The van der Waals surface area contributed by atoms with Gasteiger partial charge in [0.1, 0.15) is 0 Å². The minimum atomic E-state index is -2.01. The Balaban J connectivity index is 1.53. The molecule has 2 aliphatic rings. The first-order chi connectivity index (χ1) is 41.5. The zero-order valence-electron chi connectivity index (χ0n) is 48.6. The van der Waals surface area contributed by atoms with E-state index in [0.29, 0.717) is 44.7 Å². The predicted molar refractivity (Wildman–Crippen MR) is 328 cm³/mol. The van der Waals surface area contributed by atoms with Crippen LogP contribution in [0.2, 0.25) is 0 Å². The van der Waals surface area contributed by atoms with E-state index in [9.17, 15) is 79.2 Å². The van der Waals surface area contributed by atoms with Crippen LogP contribution in [0.1, 0.15) is 97.7 Å². The van der Waals surface area contributed by atoms with Gasteiger partial charge in [-0.3, -0.25) is 38.4 Å². The van der Waals surface area contributed by atoms with Crippen molar-refractivity contribution in [2.75, 3.05) is 0 Å². The largest absolute Gasteiger partial charge is 0.481 e. The number of benzene rings is 4. The molecule has 0 radical (unpaired) electrons. The van der Waals surface area contributed by atoms with Gasteiger partial charge in [0, 0.05) is 44.3 Å². The Hall–Kier alpha value is -10.8. The number of carboxylic acids is 8. The number of nitrogens with one attached hydrogen (secondary N) is 2. The van der Waals surface area contributed by atoms with E-state index in [-0.39, 0.29) is 77.8 Å². The van der Waals surface area contributed by atoms with Crippen LogP contribution in [0.5, 0.6) is 0 Å². The Morgan fingerprint density at radius 3 is 0.784 bits per heavy atom. The molecule has 88 heavy (non-hydrogen) atoms. The van der Waals surface area contributed by atoms with Gasteiger partial charge in [-0.05, 0) is 141 Å². The highest BCUT2D eigenvalue weighted by Crippen LogP contribution is 2.43. The number of hydrogen-bond donors (Lipinski definition) is 10. The molecule has 0 saturated carbocycles. The third kappa shape index (κ3) is 12.6. The Kier molecular flexibility index (Phi) is 17.1. The van der Waals surface area contributed by atoms with Crippen molar-refractivity contribution in [3.05, 3.63) is 165 Å². The number of fused-ring (bicyclic) bond motifs is 8. The monoisotopic (exact) mass is 1190 g/mol. The lowest BCUT2D eigenvalue weighted by atomic mass is 9.85. The lowest BCUT2D eigenvalue weighted by molar-refractivity contribution is -0.156.